The number of nitrogens with zero attached hydrogens (tertiary/aromatic N) is 3. The molecule has 0 bridgehead atoms. The maximum atomic E-state index is 9.62. The molecule has 0 amide bonds. The lowest BCUT2D eigenvalue weighted by molar-refractivity contribution is 0.415. The van der Waals surface area contributed by atoms with Gasteiger partial charge in [-0.15, -0.1) is 0 Å². The highest BCUT2D eigenvalue weighted by atomic mass is 32.2. The highest BCUT2D eigenvalue weighted by molar-refractivity contribution is 7.99. The van der Waals surface area contributed by atoms with Gasteiger partial charge in [-0.25, -0.2) is 9.97 Å². The average Bonchev–Trinajstić information content (AvgIpc) is 3.49. The summed E-state index contributed by atoms with van der Waals surface area (Å²) in [6, 6.07) is 19.2. The van der Waals surface area contributed by atoms with Crippen LogP contribution in [0, 0.1) is 11.3 Å². The molecule has 0 saturated carbocycles. The highest BCUT2D eigenvalue weighted by Gasteiger charge is 2.11. The molecule has 0 saturated heterocycles. The van der Waals surface area contributed by atoms with Crippen LogP contribution in [0.25, 0.3) is 33.7 Å². The summed E-state index contributed by atoms with van der Waals surface area (Å²) >= 11 is 1.39. The van der Waals surface area contributed by atoms with Gasteiger partial charge in [-0.2, -0.15) is 5.26 Å². The predicted molar refractivity (Wildman–Crippen MR) is 115 cm³/mol. The number of ether oxygens (including phenoxy) is 1. The Morgan fingerprint density at radius 1 is 1.07 bits per heavy atom. The number of para-hydroxylation sites is 2. The van der Waals surface area contributed by atoms with E-state index in [1.807, 2.05) is 54.6 Å². The fraction of sp³-hybridized carbons (Fsp3) is 0.0455. The van der Waals surface area contributed by atoms with Crippen molar-refractivity contribution in [3.05, 3.63) is 66.2 Å². The van der Waals surface area contributed by atoms with E-state index >= 15 is 0 Å². The predicted octanol–water partition coefficient (Wildman–Crippen LogP) is 5.26. The Morgan fingerprint density at radius 3 is 2.77 bits per heavy atom. The number of aromatic amines is 2. The monoisotopic (exact) mass is 413 g/mol. The van der Waals surface area contributed by atoms with Gasteiger partial charge in [0.2, 0.25) is 0 Å². The number of nitriles is 1. The molecule has 0 radical (unpaired) electrons. The van der Waals surface area contributed by atoms with Gasteiger partial charge in [0.15, 0.2) is 10.2 Å². The lowest BCUT2D eigenvalue weighted by Gasteiger charge is -1.96. The smallest absolute Gasteiger partial charge is 0.174 e. The van der Waals surface area contributed by atoms with Crippen LogP contribution in [-0.2, 0) is 0 Å². The largest absolute Gasteiger partial charge is 0.497 e. The van der Waals surface area contributed by atoms with Crippen LogP contribution in [0.4, 0.5) is 0 Å². The molecule has 0 fully saturated rings. The van der Waals surface area contributed by atoms with Crippen LogP contribution in [0.2, 0.25) is 0 Å². The van der Waals surface area contributed by atoms with Gasteiger partial charge in [0.1, 0.15) is 23.4 Å². The average molecular weight is 413 g/mol. The third kappa shape index (κ3) is 3.43. The molecular formula is C22H15N5O2S. The number of methoxy groups -OCH3 is 1. The van der Waals surface area contributed by atoms with Crippen LogP contribution in [0.5, 0.6) is 5.75 Å². The van der Waals surface area contributed by atoms with Crippen LogP contribution >= 0.6 is 11.8 Å². The number of fused-ring (bicyclic) bond motifs is 2. The van der Waals surface area contributed by atoms with Gasteiger partial charge in [0, 0.05) is 12.1 Å². The minimum atomic E-state index is 0.375. The van der Waals surface area contributed by atoms with Crippen LogP contribution in [0.15, 0.2) is 69.3 Å². The van der Waals surface area contributed by atoms with Crippen molar-refractivity contribution in [3.63, 3.8) is 0 Å². The van der Waals surface area contributed by atoms with E-state index in [9.17, 15) is 5.26 Å². The standard InChI is InChI=1S/C22H15N5O2S/c1-28-14-6-8-18-19(11-14)25-21(24-18)13(12-23)10-15-7-9-20(29-15)30-22-26-16-4-2-3-5-17(16)27-22/h2-11H,1H3,(H,24,25)(H,26,27)/b13-10-. The summed E-state index contributed by atoms with van der Waals surface area (Å²) in [7, 11) is 1.61. The highest BCUT2D eigenvalue weighted by Crippen LogP contribution is 2.30. The van der Waals surface area contributed by atoms with Crippen molar-refractivity contribution in [2.24, 2.45) is 0 Å². The lowest BCUT2D eigenvalue weighted by atomic mass is 10.2. The van der Waals surface area contributed by atoms with Gasteiger partial charge in [-0.3, -0.25) is 0 Å². The van der Waals surface area contributed by atoms with Crippen molar-refractivity contribution < 1.29 is 9.15 Å². The number of nitrogens with one attached hydrogen (secondary N) is 2. The SMILES string of the molecule is COc1ccc2nc(/C(C#N)=C\c3ccc(Sc4nc5ccccc5[nH]4)o3)[nH]c2c1. The Kier molecular flexibility index (Phi) is 4.50. The number of benzene rings is 2. The molecule has 2 aromatic carbocycles. The first-order valence-electron chi connectivity index (χ1n) is 9.10. The van der Waals surface area contributed by atoms with Crippen molar-refractivity contribution in [3.8, 4) is 11.8 Å². The zero-order valence-electron chi connectivity index (χ0n) is 15.8. The van der Waals surface area contributed by atoms with Gasteiger partial charge in [-0.1, -0.05) is 12.1 Å². The second kappa shape index (κ2) is 7.46. The number of imidazole rings is 2. The molecule has 0 aliphatic rings. The van der Waals surface area contributed by atoms with Crippen molar-refractivity contribution in [1.82, 2.24) is 19.9 Å². The first kappa shape index (κ1) is 18.1. The third-order valence-electron chi connectivity index (χ3n) is 4.52. The maximum absolute atomic E-state index is 9.62. The number of aromatic nitrogens is 4. The van der Waals surface area contributed by atoms with E-state index in [1.165, 1.54) is 11.8 Å². The Bertz CT molecular complexity index is 1400. The quantitative estimate of drug-likeness (QED) is 0.381. The zero-order valence-corrected chi connectivity index (χ0v) is 16.7. The summed E-state index contributed by atoms with van der Waals surface area (Å²) in [5.41, 5.74) is 3.80. The summed E-state index contributed by atoms with van der Waals surface area (Å²) < 4.78 is 11.1. The molecule has 5 aromatic rings. The van der Waals surface area contributed by atoms with Gasteiger partial charge >= 0.3 is 0 Å². The molecule has 0 aliphatic heterocycles. The summed E-state index contributed by atoms with van der Waals surface area (Å²) in [6.07, 6.45) is 1.66. The van der Waals surface area contributed by atoms with Crippen molar-refractivity contribution in [2.75, 3.05) is 7.11 Å². The Hall–Kier alpha value is -3.96. The molecule has 0 spiro atoms. The van der Waals surface area contributed by atoms with E-state index in [0.29, 0.717) is 22.3 Å². The number of H-pyrrole nitrogens is 2. The molecular weight excluding hydrogens is 398 g/mol. The molecule has 2 N–H and O–H groups in total. The second-order valence-electron chi connectivity index (χ2n) is 6.46. The number of allylic oxidation sites excluding steroid dienone is 1. The molecule has 30 heavy (non-hydrogen) atoms. The van der Waals surface area contributed by atoms with E-state index in [2.05, 4.69) is 26.0 Å². The number of hydrogen-bond donors (Lipinski definition) is 2. The van der Waals surface area contributed by atoms with Crippen LogP contribution in [0.3, 0.4) is 0 Å². The molecule has 8 heteroatoms. The molecule has 146 valence electrons. The van der Waals surface area contributed by atoms with E-state index in [4.69, 9.17) is 9.15 Å². The second-order valence-corrected chi connectivity index (χ2v) is 7.45. The van der Waals surface area contributed by atoms with Gasteiger partial charge in [0.25, 0.3) is 0 Å². The summed E-state index contributed by atoms with van der Waals surface area (Å²) in [4.78, 5) is 15.4. The third-order valence-corrected chi connectivity index (χ3v) is 5.33. The Morgan fingerprint density at radius 2 is 1.93 bits per heavy atom. The topological polar surface area (TPSA) is 104 Å². The minimum Gasteiger partial charge on any atom is -0.497 e. The van der Waals surface area contributed by atoms with Gasteiger partial charge < -0.3 is 19.1 Å². The maximum Gasteiger partial charge on any atom is 0.174 e. The van der Waals surface area contributed by atoms with Crippen LogP contribution in [0.1, 0.15) is 11.6 Å². The molecule has 0 unspecified atom stereocenters. The first-order chi connectivity index (χ1) is 14.7. The minimum absolute atomic E-state index is 0.375. The number of rotatable bonds is 5. The van der Waals surface area contributed by atoms with Crippen LogP contribution in [-0.4, -0.2) is 27.0 Å². The molecule has 3 aromatic heterocycles. The molecule has 3 heterocycles. The van der Waals surface area contributed by atoms with Crippen molar-refractivity contribution >= 4 is 45.5 Å². The van der Waals surface area contributed by atoms with E-state index in [0.717, 1.165) is 33.0 Å². The summed E-state index contributed by atoms with van der Waals surface area (Å²) in [5.74, 6) is 1.75. The van der Waals surface area contributed by atoms with E-state index < -0.39 is 0 Å². The molecule has 0 atom stereocenters. The molecule has 0 aliphatic carbocycles. The molecule has 5 rings (SSSR count). The normalized spacial score (nSPS) is 11.8. The van der Waals surface area contributed by atoms with Crippen molar-refractivity contribution in [1.29, 1.82) is 5.26 Å². The van der Waals surface area contributed by atoms with E-state index in [1.54, 1.807) is 13.2 Å². The fourth-order valence-electron chi connectivity index (χ4n) is 3.08. The lowest BCUT2D eigenvalue weighted by Crippen LogP contribution is -1.84. The number of hydrogen-bond acceptors (Lipinski definition) is 6. The van der Waals surface area contributed by atoms with Crippen LogP contribution < -0.4 is 4.74 Å². The number of furan rings is 1. The first-order valence-corrected chi connectivity index (χ1v) is 9.92. The zero-order chi connectivity index (χ0) is 20.5. The van der Waals surface area contributed by atoms with Gasteiger partial charge in [0.05, 0.1) is 34.7 Å². The van der Waals surface area contributed by atoms with Gasteiger partial charge in [-0.05, 0) is 48.2 Å². The van der Waals surface area contributed by atoms with Crippen molar-refractivity contribution in [2.45, 2.75) is 10.2 Å². The summed E-state index contributed by atoms with van der Waals surface area (Å²) in [6.45, 7) is 0. The van der Waals surface area contributed by atoms with E-state index in [-0.39, 0.29) is 0 Å². The Labute approximate surface area is 175 Å². The molecule has 7 nitrogen and oxygen atoms in total. The fourth-order valence-corrected chi connectivity index (χ4v) is 3.85. The summed E-state index contributed by atoms with van der Waals surface area (Å²) in [5, 5.41) is 11.0. The Balaban J connectivity index is 1.41.